The van der Waals surface area contributed by atoms with Crippen molar-refractivity contribution in [3.8, 4) is 0 Å². The molecule has 1 aromatic rings. The van der Waals surface area contributed by atoms with Crippen LogP contribution in [0.25, 0.3) is 0 Å². The highest BCUT2D eigenvalue weighted by Crippen LogP contribution is 2.18. The Morgan fingerprint density at radius 1 is 1.40 bits per heavy atom. The van der Waals surface area contributed by atoms with Gasteiger partial charge in [-0.15, -0.1) is 0 Å². The summed E-state index contributed by atoms with van der Waals surface area (Å²) < 4.78 is 0. The number of carbonyl (C=O) groups excluding carboxylic acids is 1. The Morgan fingerprint density at radius 3 is 2.33 bits per heavy atom. The number of pyridine rings is 1. The van der Waals surface area contributed by atoms with Gasteiger partial charge in [-0.3, -0.25) is 14.7 Å². The van der Waals surface area contributed by atoms with Gasteiger partial charge in [-0.25, -0.2) is 0 Å². The van der Waals surface area contributed by atoms with E-state index in [1.54, 1.807) is 12.4 Å². The molecule has 2 N–H and O–H groups in total. The van der Waals surface area contributed by atoms with Crippen LogP contribution in [0.5, 0.6) is 0 Å². The normalized spacial score (nSPS) is 12.7. The summed E-state index contributed by atoms with van der Waals surface area (Å²) in [6.45, 7) is 5.63. The SMILES string of the molecule is CCN(CC)C(C(N)=O)c1ccncc1. The number of likely N-dealkylation sites (N-methyl/N-ethyl adjacent to an activating group) is 1. The molecular formula is C11H17N3O. The lowest BCUT2D eigenvalue weighted by Gasteiger charge is -2.27. The summed E-state index contributed by atoms with van der Waals surface area (Å²) in [6, 6.07) is 3.31. The molecule has 0 aliphatic carbocycles. The first-order valence-corrected chi connectivity index (χ1v) is 5.14. The largest absolute Gasteiger partial charge is 0.368 e. The van der Waals surface area contributed by atoms with E-state index in [9.17, 15) is 4.79 Å². The van der Waals surface area contributed by atoms with Crippen LogP contribution in [-0.2, 0) is 4.79 Å². The topological polar surface area (TPSA) is 59.2 Å². The first kappa shape index (κ1) is 11.7. The average molecular weight is 207 g/mol. The number of rotatable bonds is 5. The van der Waals surface area contributed by atoms with Gasteiger partial charge in [0.2, 0.25) is 5.91 Å². The molecule has 82 valence electrons. The number of nitrogens with two attached hydrogens (primary N) is 1. The van der Waals surface area contributed by atoms with Crippen molar-refractivity contribution in [1.82, 2.24) is 9.88 Å². The first-order valence-electron chi connectivity index (χ1n) is 5.14. The van der Waals surface area contributed by atoms with Crippen LogP contribution in [0.2, 0.25) is 0 Å². The summed E-state index contributed by atoms with van der Waals surface area (Å²) in [6.07, 6.45) is 3.35. The van der Waals surface area contributed by atoms with Crippen molar-refractivity contribution in [3.05, 3.63) is 30.1 Å². The molecule has 0 saturated carbocycles. The number of carbonyl (C=O) groups is 1. The predicted molar refractivity (Wildman–Crippen MR) is 59.1 cm³/mol. The number of nitrogens with zero attached hydrogens (tertiary/aromatic N) is 2. The van der Waals surface area contributed by atoms with Gasteiger partial charge in [0.05, 0.1) is 0 Å². The quantitative estimate of drug-likeness (QED) is 0.782. The van der Waals surface area contributed by atoms with Crippen LogP contribution in [-0.4, -0.2) is 28.9 Å². The molecule has 0 bridgehead atoms. The maximum absolute atomic E-state index is 11.4. The van der Waals surface area contributed by atoms with Crippen LogP contribution in [0, 0.1) is 0 Å². The third kappa shape index (κ3) is 2.76. The van der Waals surface area contributed by atoms with Crippen molar-refractivity contribution in [2.45, 2.75) is 19.9 Å². The number of primary amides is 1. The summed E-state index contributed by atoms with van der Waals surface area (Å²) in [5.74, 6) is -0.315. The zero-order valence-corrected chi connectivity index (χ0v) is 9.18. The fourth-order valence-electron chi connectivity index (χ4n) is 1.69. The molecule has 0 fully saturated rings. The van der Waals surface area contributed by atoms with E-state index in [2.05, 4.69) is 4.98 Å². The summed E-state index contributed by atoms with van der Waals surface area (Å²) in [5, 5.41) is 0. The zero-order chi connectivity index (χ0) is 11.3. The van der Waals surface area contributed by atoms with Gasteiger partial charge in [0.1, 0.15) is 6.04 Å². The third-order valence-electron chi connectivity index (χ3n) is 2.47. The Morgan fingerprint density at radius 2 is 1.93 bits per heavy atom. The second kappa shape index (κ2) is 5.46. The van der Waals surface area contributed by atoms with E-state index in [-0.39, 0.29) is 11.9 Å². The first-order chi connectivity index (χ1) is 7.20. The lowest BCUT2D eigenvalue weighted by Crippen LogP contribution is -2.37. The van der Waals surface area contributed by atoms with Crippen LogP contribution in [0.15, 0.2) is 24.5 Å². The minimum Gasteiger partial charge on any atom is -0.368 e. The molecule has 0 radical (unpaired) electrons. The van der Waals surface area contributed by atoms with E-state index >= 15 is 0 Å². The molecule has 1 amide bonds. The van der Waals surface area contributed by atoms with Gasteiger partial charge in [-0.05, 0) is 30.8 Å². The van der Waals surface area contributed by atoms with Crippen molar-refractivity contribution in [3.63, 3.8) is 0 Å². The molecule has 0 aliphatic heterocycles. The van der Waals surface area contributed by atoms with E-state index in [4.69, 9.17) is 5.73 Å². The molecule has 1 heterocycles. The molecule has 0 aliphatic rings. The molecule has 15 heavy (non-hydrogen) atoms. The molecule has 1 rings (SSSR count). The summed E-state index contributed by atoms with van der Waals surface area (Å²) >= 11 is 0. The molecule has 1 aromatic heterocycles. The molecule has 0 aromatic carbocycles. The second-order valence-electron chi connectivity index (χ2n) is 3.31. The van der Waals surface area contributed by atoms with Crippen molar-refractivity contribution in [1.29, 1.82) is 0 Å². The average Bonchev–Trinajstić information content (AvgIpc) is 2.26. The predicted octanol–water partition coefficient (Wildman–Crippen LogP) is 0.950. The van der Waals surface area contributed by atoms with Gasteiger partial charge in [-0.2, -0.15) is 0 Å². The van der Waals surface area contributed by atoms with Crippen LogP contribution in [0.1, 0.15) is 25.5 Å². The number of hydrogen-bond donors (Lipinski definition) is 1. The Bertz CT molecular complexity index is 309. The number of hydrogen-bond acceptors (Lipinski definition) is 3. The van der Waals surface area contributed by atoms with Crippen LogP contribution < -0.4 is 5.73 Å². The Hall–Kier alpha value is -1.42. The van der Waals surface area contributed by atoms with Crippen LogP contribution in [0.3, 0.4) is 0 Å². The Kier molecular flexibility index (Phi) is 4.24. The standard InChI is InChI=1S/C11H17N3O/c1-3-14(4-2)10(11(12)15)9-5-7-13-8-6-9/h5-8,10H,3-4H2,1-2H3,(H2,12,15). The summed E-state index contributed by atoms with van der Waals surface area (Å²) in [5.41, 5.74) is 6.32. The third-order valence-corrected chi connectivity index (χ3v) is 2.47. The number of amides is 1. The Balaban J connectivity index is 2.97. The smallest absolute Gasteiger partial charge is 0.239 e. The van der Waals surface area contributed by atoms with Gasteiger partial charge >= 0.3 is 0 Å². The van der Waals surface area contributed by atoms with Crippen molar-refractivity contribution < 1.29 is 4.79 Å². The molecule has 1 atom stereocenters. The zero-order valence-electron chi connectivity index (χ0n) is 9.18. The lowest BCUT2D eigenvalue weighted by atomic mass is 10.1. The van der Waals surface area contributed by atoms with Crippen molar-refractivity contribution in [2.75, 3.05) is 13.1 Å². The monoisotopic (exact) mass is 207 g/mol. The van der Waals surface area contributed by atoms with E-state index < -0.39 is 0 Å². The van der Waals surface area contributed by atoms with E-state index in [0.717, 1.165) is 18.7 Å². The molecular weight excluding hydrogens is 190 g/mol. The highest BCUT2D eigenvalue weighted by Gasteiger charge is 2.22. The lowest BCUT2D eigenvalue weighted by molar-refractivity contribution is -0.123. The van der Waals surface area contributed by atoms with Crippen LogP contribution >= 0.6 is 0 Å². The number of aromatic nitrogens is 1. The van der Waals surface area contributed by atoms with Crippen molar-refractivity contribution >= 4 is 5.91 Å². The molecule has 4 nitrogen and oxygen atoms in total. The van der Waals surface area contributed by atoms with Gasteiger partial charge in [0.15, 0.2) is 0 Å². The molecule has 4 heteroatoms. The molecule has 0 saturated heterocycles. The maximum Gasteiger partial charge on any atom is 0.239 e. The van der Waals surface area contributed by atoms with Gasteiger partial charge in [0.25, 0.3) is 0 Å². The Labute approximate surface area is 90.1 Å². The second-order valence-corrected chi connectivity index (χ2v) is 3.31. The van der Waals surface area contributed by atoms with E-state index in [0.29, 0.717) is 0 Å². The summed E-state index contributed by atoms with van der Waals surface area (Å²) in [7, 11) is 0. The van der Waals surface area contributed by atoms with Gasteiger partial charge in [0, 0.05) is 12.4 Å². The molecule has 1 unspecified atom stereocenters. The van der Waals surface area contributed by atoms with Crippen molar-refractivity contribution in [2.24, 2.45) is 5.73 Å². The minimum atomic E-state index is -0.344. The van der Waals surface area contributed by atoms with Gasteiger partial charge in [-0.1, -0.05) is 13.8 Å². The molecule has 0 spiro atoms. The minimum absolute atomic E-state index is 0.315. The highest BCUT2D eigenvalue weighted by molar-refractivity contribution is 5.81. The van der Waals surface area contributed by atoms with Gasteiger partial charge < -0.3 is 5.73 Å². The summed E-state index contributed by atoms with van der Waals surface area (Å²) in [4.78, 5) is 17.4. The maximum atomic E-state index is 11.4. The van der Waals surface area contributed by atoms with Crippen LogP contribution in [0.4, 0.5) is 0 Å². The highest BCUT2D eigenvalue weighted by atomic mass is 16.1. The fraction of sp³-hybridized carbons (Fsp3) is 0.455. The fourth-order valence-corrected chi connectivity index (χ4v) is 1.69. The van der Waals surface area contributed by atoms with E-state index in [1.807, 2.05) is 30.9 Å². The van der Waals surface area contributed by atoms with E-state index in [1.165, 1.54) is 0 Å².